The van der Waals surface area contributed by atoms with Gasteiger partial charge in [0.1, 0.15) is 5.75 Å². The quantitative estimate of drug-likeness (QED) is 0.440. The third-order valence-corrected chi connectivity index (χ3v) is 7.15. The summed E-state index contributed by atoms with van der Waals surface area (Å²) in [5.41, 5.74) is 3.24. The normalized spacial score (nSPS) is 13.9. The lowest BCUT2D eigenvalue weighted by atomic mass is 10.1. The zero-order valence-corrected chi connectivity index (χ0v) is 21.1. The Hall–Kier alpha value is -3.28. The number of carbonyl (C=O) groups is 2. The number of nitrogens with zero attached hydrogens (tertiary/aromatic N) is 2. The van der Waals surface area contributed by atoms with Crippen molar-refractivity contribution in [1.29, 1.82) is 0 Å². The van der Waals surface area contributed by atoms with Gasteiger partial charge in [0.05, 0.1) is 13.7 Å². The molecule has 2 aromatic carbocycles. The smallest absolute Gasteiger partial charge is 0.242 e. The van der Waals surface area contributed by atoms with Crippen molar-refractivity contribution in [2.45, 2.75) is 58.5 Å². The molecule has 1 saturated carbocycles. The number of nitrogens with one attached hydrogen (secondary N) is 1. The van der Waals surface area contributed by atoms with Crippen LogP contribution in [0.1, 0.15) is 50.7 Å². The maximum atomic E-state index is 13.7. The lowest BCUT2D eigenvalue weighted by Gasteiger charge is -2.32. The fourth-order valence-corrected chi connectivity index (χ4v) is 5.09. The molecule has 1 fully saturated rings. The van der Waals surface area contributed by atoms with Gasteiger partial charge in [0, 0.05) is 47.7 Å². The maximum Gasteiger partial charge on any atom is 0.242 e. The summed E-state index contributed by atoms with van der Waals surface area (Å²) in [6.45, 7) is 5.10. The molecule has 1 aromatic heterocycles. The van der Waals surface area contributed by atoms with Crippen LogP contribution in [-0.2, 0) is 22.6 Å². The van der Waals surface area contributed by atoms with Crippen LogP contribution in [0.4, 0.5) is 0 Å². The number of fused-ring (bicyclic) bond motifs is 1. The van der Waals surface area contributed by atoms with Crippen molar-refractivity contribution in [2.24, 2.45) is 5.92 Å². The van der Waals surface area contributed by atoms with Crippen LogP contribution in [0.25, 0.3) is 10.9 Å². The van der Waals surface area contributed by atoms with Crippen LogP contribution in [0.2, 0.25) is 0 Å². The Balaban J connectivity index is 1.54. The molecule has 6 heteroatoms. The molecule has 1 aliphatic carbocycles. The van der Waals surface area contributed by atoms with Crippen molar-refractivity contribution in [1.82, 2.24) is 14.8 Å². The van der Waals surface area contributed by atoms with E-state index in [1.807, 2.05) is 61.3 Å². The van der Waals surface area contributed by atoms with E-state index in [-0.39, 0.29) is 30.3 Å². The molecule has 1 N–H and O–H groups in total. The van der Waals surface area contributed by atoms with E-state index < -0.39 is 0 Å². The van der Waals surface area contributed by atoms with Crippen LogP contribution in [-0.4, -0.2) is 52.8 Å². The molecule has 0 radical (unpaired) electrons. The summed E-state index contributed by atoms with van der Waals surface area (Å²) in [5.74, 6) is 0.912. The first kappa shape index (κ1) is 24.8. The fourth-order valence-electron chi connectivity index (χ4n) is 5.09. The standard InChI is InChI=1S/C29H37N3O3/c1-21(2)32(29(34)22-10-4-5-11-22)20-28(33)31(19-24-12-6-9-15-27(24)35-3)17-16-23-18-30-26-14-8-7-13-25(23)26/h6-9,12-15,18,21-22,30H,4-5,10-11,16-17,19-20H2,1-3H3. The predicted octanol–water partition coefficient (Wildman–Crippen LogP) is 5.18. The number of rotatable bonds is 10. The molecule has 0 bridgehead atoms. The van der Waals surface area contributed by atoms with Gasteiger partial charge in [-0.25, -0.2) is 0 Å². The lowest BCUT2D eigenvalue weighted by molar-refractivity contribution is -0.144. The monoisotopic (exact) mass is 475 g/mol. The van der Waals surface area contributed by atoms with E-state index in [1.165, 1.54) is 10.9 Å². The third-order valence-electron chi connectivity index (χ3n) is 7.15. The van der Waals surface area contributed by atoms with Crippen LogP contribution < -0.4 is 4.74 Å². The van der Waals surface area contributed by atoms with Crippen LogP contribution >= 0.6 is 0 Å². The summed E-state index contributed by atoms with van der Waals surface area (Å²) in [6.07, 6.45) is 6.81. The summed E-state index contributed by atoms with van der Waals surface area (Å²) in [7, 11) is 1.65. The van der Waals surface area contributed by atoms with Gasteiger partial charge < -0.3 is 19.5 Å². The first-order valence-corrected chi connectivity index (χ1v) is 12.7. The molecule has 1 aliphatic rings. The second kappa shape index (κ2) is 11.4. The number of carbonyl (C=O) groups excluding carboxylic acids is 2. The Morgan fingerprint density at radius 3 is 2.49 bits per heavy atom. The minimum absolute atomic E-state index is 0.0196. The number of hydrogen-bond donors (Lipinski definition) is 1. The molecule has 2 amide bonds. The molecule has 0 saturated heterocycles. The summed E-state index contributed by atoms with van der Waals surface area (Å²) in [6, 6.07) is 16.0. The Morgan fingerprint density at radius 1 is 1.03 bits per heavy atom. The molecule has 35 heavy (non-hydrogen) atoms. The molecule has 1 heterocycles. The Labute approximate surface area is 208 Å². The van der Waals surface area contributed by atoms with Gasteiger partial charge >= 0.3 is 0 Å². The molecule has 4 rings (SSSR count). The van der Waals surface area contributed by atoms with Crippen molar-refractivity contribution < 1.29 is 14.3 Å². The Kier molecular flexibility index (Phi) is 8.11. The number of aromatic nitrogens is 1. The number of para-hydroxylation sites is 2. The van der Waals surface area contributed by atoms with E-state index in [0.717, 1.165) is 48.9 Å². The van der Waals surface area contributed by atoms with Crippen LogP contribution in [0.3, 0.4) is 0 Å². The van der Waals surface area contributed by atoms with Crippen LogP contribution in [0, 0.1) is 5.92 Å². The van der Waals surface area contributed by atoms with Gasteiger partial charge in [0.2, 0.25) is 11.8 Å². The van der Waals surface area contributed by atoms with Gasteiger partial charge in [-0.15, -0.1) is 0 Å². The summed E-state index contributed by atoms with van der Waals surface area (Å²) in [4.78, 5) is 33.9. The predicted molar refractivity (Wildman–Crippen MR) is 139 cm³/mol. The zero-order chi connectivity index (χ0) is 24.8. The topological polar surface area (TPSA) is 65.6 Å². The highest BCUT2D eigenvalue weighted by atomic mass is 16.5. The highest BCUT2D eigenvalue weighted by Crippen LogP contribution is 2.27. The van der Waals surface area contributed by atoms with E-state index in [2.05, 4.69) is 17.1 Å². The first-order valence-electron chi connectivity index (χ1n) is 12.7. The molecular weight excluding hydrogens is 438 g/mol. The summed E-state index contributed by atoms with van der Waals surface area (Å²) >= 11 is 0. The van der Waals surface area contributed by atoms with Crippen molar-refractivity contribution in [3.63, 3.8) is 0 Å². The van der Waals surface area contributed by atoms with Gasteiger partial charge in [-0.2, -0.15) is 0 Å². The van der Waals surface area contributed by atoms with E-state index in [0.29, 0.717) is 13.1 Å². The average molecular weight is 476 g/mol. The van der Waals surface area contributed by atoms with Crippen molar-refractivity contribution in [3.05, 3.63) is 65.9 Å². The molecule has 0 aliphatic heterocycles. The largest absolute Gasteiger partial charge is 0.496 e. The number of amides is 2. The van der Waals surface area contributed by atoms with E-state index in [4.69, 9.17) is 4.74 Å². The number of benzene rings is 2. The number of methoxy groups -OCH3 is 1. The minimum Gasteiger partial charge on any atom is -0.496 e. The molecule has 0 unspecified atom stereocenters. The fraction of sp³-hybridized carbons (Fsp3) is 0.448. The maximum absolute atomic E-state index is 13.7. The summed E-state index contributed by atoms with van der Waals surface area (Å²) in [5, 5.41) is 1.18. The highest BCUT2D eigenvalue weighted by molar-refractivity contribution is 5.86. The third kappa shape index (κ3) is 5.87. The van der Waals surface area contributed by atoms with Crippen LogP contribution in [0.5, 0.6) is 5.75 Å². The Bertz CT molecular complexity index is 1150. The number of hydrogen-bond acceptors (Lipinski definition) is 3. The van der Waals surface area contributed by atoms with Crippen molar-refractivity contribution in [2.75, 3.05) is 20.2 Å². The number of H-pyrrole nitrogens is 1. The van der Waals surface area contributed by atoms with Crippen molar-refractivity contribution >= 4 is 22.7 Å². The highest BCUT2D eigenvalue weighted by Gasteiger charge is 2.31. The van der Waals surface area contributed by atoms with Gasteiger partial charge in [0.25, 0.3) is 0 Å². The Morgan fingerprint density at radius 2 is 1.74 bits per heavy atom. The van der Waals surface area contributed by atoms with Gasteiger partial charge in [-0.3, -0.25) is 9.59 Å². The zero-order valence-electron chi connectivity index (χ0n) is 21.1. The molecule has 186 valence electrons. The van der Waals surface area contributed by atoms with Gasteiger partial charge in [-0.05, 0) is 50.8 Å². The van der Waals surface area contributed by atoms with Crippen molar-refractivity contribution in [3.8, 4) is 5.75 Å². The summed E-state index contributed by atoms with van der Waals surface area (Å²) < 4.78 is 5.55. The van der Waals surface area contributed by atoms with Crippen LogP contribution in [0.15, 0.2) is 54.7 Å². The number of aromatic amines is 1. The average Bonchev–Trinajstić information content (AvgIpc) is 3.55. The first-order chi connectivity index (χ1) is 17.0. The minimum atomic E-state index is -0.0317. The second-order valence-corrected chi connectivity index (χ2v) is 9.78. The van der Waals surface area contributed by atoms with E-state index in [9.17, 15) is 9.59 Å². The molecule has 3 aromatic rings. The van der Waals surface area contributed by atoms with E-state index >= 15 is 0 Å². The second-order valence-electron chi connectivity index (χ2n) is 9.78. The SMILES string of the molecule is COc1ccccc1CN(CCc1c[nH]c2ccccc12)C(=O)CN(C(=O)C1CCCC1)C(C)C. The number of ether oxygens (including phenoxy) is 1. The molecule has 0 spiro atoms. The van der Waals surface area contributed by atoms with Gasteiger partial charge in [-0.1, -0.05) is 49.2 Å². The lowest BCUT2D eigenvalue weighted by Crippen LogP contribution is -2.47. The molecule has 0 atom stereocenters. The molecular formula is C29H37N3O3. The van der Waals surface area contributed by atoms with Gasteiger partial charge in [0.15, 0.2) is 0 Å². The van der Waals surface area contributed by atoms with E-state index in [1.54, 1.807) is 12.0 Å². The molecule has 6 nitrogen and oxygen atoms in total.